The monoisotopic (exact) mass is 396 g/mol. The van der Waals surface area contributed by atoms with E-state index in [0.29, 0.717) is 22.3 Å². The van der Waals surface area contributed by atoms with Gasteiger partial charge >= 0.3 is 0 Å². The Hall–Kier alpha value is -3.18. The topological polar surface area (TPSA) is 52.6 Å². The second-order valence-corrected chi connectivity index (χ2v) is 6.30. The number of ether oxygens (including phenoxy) is 3. The van der Waals surface area contributed by atoms with E-state index in [1.807, 2.05) is 60.7 Å². The first kappa shape index (κ1) is 19.6. The van der Waals surface area contributed by atoms with Gasteiger partial charge in [0.25, 0.3) is 0 Å². The fourth-order valence-corrected chi connectivity index (χ4v) is 2.84. The van der Waals surface area contributed by atoms with Crippen molar-refractivity contribution in [3.8, 4) is 17.2 Å². The Balaban J connectivity index is 1.89. The summed E-state index contributed by atoms with van der Waals surface area (Å²) < 4.78 is 16.2. The van der Waals surface area contributed by atoms with Crippen LogP contribution in [-0.4, -0.2) is 26.3 Å². The molecule has 0 radical (unpaired) electrons. The molecule has 0 saturated carbocycles. The van der Waals surface area contributed by atoms with E-state index in [4.69, 9.17) is 25.8 Å². The molecular weight excluding hydrogens is 376 g/mol. The Morgan fingerprint density at radius 3 is 2.18 bits per heavy atom. The maximum atomic E-state index is 5.95. The van der Waals surface area contributed by atoms with E-state index in [1.165, 1.54) is 0 Å². The molecule has 28 heavy (non-hydrogen) atoms. The van der Waals surface area contributed by atoms with Crippen molar-refractivity contribution in [2.45, 2.75) is 0 Å². The molecule has 0 aliphatic carbocycles. The Morgan fingerprint density at radius 2 is 1.57 bits per heavy atom. The maximum absolute atomic E-state index is 5.95. The molecule has 1 heterocycles. The molecule has 0 spiro atoms. The molecule has 5 nitrogen and oxygen atoms in total. The van der Waals surface area contributed by atoms with Gasteiger partial charge in [-0.15, -0.1) is 0 Å². The van der Waals surface area contributed by atoms with E-state index in [0.717, 1.165) is 22.6 Å². The predicted molar refractivity (Wildman–Crippen MR) is 114 cm³/mol. The van der Waals surface area contributed by atoms with Crippen LogP contribution in [0.25, 0.3) is 12.2 Å². The lowest BCUT2D eigenvalue weighted by Crippen LogP contribution is -1.96. The van der Waals surface area contributed by atoms with Crippen LogP contribution in [0, 0.1) is 0 Å². The number of halogens is 1. The number of anilines is 2. The molecule has 144 valence electrons. The van der Waals surface area contributed by atoms with Crippen molar-refractivity contribution in [2.24, 2.45) is 0 Å². The highest BCUT2D eigenvalue weighted by Crippen LogP contribution is 2.38. The largest absolute Gasteiger partial charge is 0.493 e. The summed E-state index contributed by atoms with van der Waals surface area (Å²) in [6, 6.07) is 15.1. The van der Waals surface area contributed by atoms with Crippen molar-refractivity contribution in [3.05, 3.63) is 70.9 Å². The van der Waals surface area contributed by atoms with Gasteiger partial charge in [0, 0.05) is 22.5 Å². The third-order valence-corrected chi connectivity index (χ3v) is 4.34. The molecule has 0 fully saturated rings. The summed E-state index contributed by atoms with van der Waals surface area (Å²) in [7, 11) is 4.78. The molecule has 0 saturated heterocycles. The summed E-state index contributed by atoms with van der Waals surface area (Å²) in [6.07, 6.45) is 5.69. The van der Waals surface area contributed by atoms with Gasteiger partial charge in [0.05, 0.1) is 21.3 Å². The number of rotatable bonds is 7. The van der Waals surface area contributed by atoms with Crippen molar-refractivity contribution in [1.29, 1.82) is 0 Å². The molecule has 0 bridgehead atoms. The number of benzene rings is 2. The van der Waals surface area contributed by atoms with Crippen LogP contribution in [0.4, 0.5) is 11.5 Å². The fraction of sp³-hybridized carbons (Fsp3) is 0.136. The van der Waals surface area contributed by atoms with E-state index >= 15 is 0 Å². The van der Waals surface area contributed by atoms with E-state index in [9.17, 15) is 0 Å². The summed E-state index contributed by atoms with van der Waals surface area (Å²) >= 11 is 5.95. The standard InChI is InChI=1S/C22H21ClN2O3/c1-26-19-13-15(14-20(27-2)21(19)28-3)6-7-16-5-4-12-24-22(16)25-18-10-8-17(23)9-11-18/h4-14H,1-3H3,(H,24,25)/b7-6-. The van der Waals surface area contributed by atoms with Gasteiger partial charge < -0.3 is 19.5 Å². The lowest BCUT2D eigenvalue weighted by molar-refractivity contribution is 0.324. The maximum Gasteiger partial charge on any atom is 0.203 e. The minimum absolute atomic E-state index is 0.564. The highest BCUT2D eigenvalue weighted by Gasteiger charge is 2.12. The van der Waals surface area contributed by atoms with Crippen LogP contribution < -0.4 is 19.5 Å². The van der Waals surface area contributed by atoms with Crippen molar-refractivity contribution < 1.29 is 14.2 Å². The van der Waals surface area contributed by atoms with Crippen molar-refractivity contribution in [2.75, 3.05) is 26.6 Å². The fourth-order valence-electron chi connectivity index (χ4n) is 2.71. The third-order valence-electron chi connectivity index (χ3n) is 4.09. The molecule has 0 amide bonds. The molecule has 1 aromatic heterocycles. The van der Waals surface area contributed by atoms with Crippen molar-refractivity contribution >= 4 is 35.3 Å². The van der Waals surface area contributed by atoms with Crippen LogP contribution in [0.5, 0.6) is 17.2 Å². The van der Waals surface area contributed by atoms with E-state index in [1.54, 1.807) is 27.5 Å². The van der Waals surface area contributed by atoms with Gasteiger partial charge in [0.2, 0.25) is 5.75 Å². The highest BCUT2D eigenvalue weighted by molar-refractivity contribution is 6.30. The molecule has 3 aromatic rings. The SMILES string of the molecule is COc1cc(/C=C\c2cccnc2Nc2ccc(Cl)cc2)cc(OC)c1OC. The normalized spacial score (nSPS) is 10.7. The first-order chi connectivity index (χ1) is 13.6. The van der Waals surface area contributed by atoms with E-state index in [-0.39, 0.29) is 0 Å². The Kier molecular flexibility index (Phi) is 6.40. The minimum Gasteiger partial charge on any atom is -0.493 e. The van der Waals surface area contributed by atoms with Crippen molar-refractivity contribution in [1.82, 2.24) is 4.98 Å². The lowest BCUT2D eigenvalue weighted by atomic mass is 10.1. The van der Waals surface area contributed by atoms with Crippen LogP contribution in [-0.2, 0) is 0 Å². The van der Waals surface area contributed by atoms with Crippen LogP contribution in [0.2, 0.25) is 5.02 Å². The molecule has 0 aliphatic heterocycles. The van der Waals surface area contributed by atoms with Crippen LogP contribution in [0.1, 0.15) is 11.1 Å². The highest BCUT2D eigenvalue weighted by atomic mass is 35.5. The zero-order valence-electron chi connectivity index (χ0n) is 15.9. The van der Waals surface area contributed by atoms with Gasteiger partial charge in [-0.1, -0.05) is 23.8 Å². The minimum atomic E-state index is 0.564. The van der Waals surface area contributed by atoms with E-state index < -0.39 is 0 Å². The van der Waals surface area contributed by atoms with Crippen LogP contribution in [0.15, 0.2) is 54.7 Å². The number of hydrogen-bond donors (Lipinski definition) is 1. The summed E-state index contributed by atoms with van der Waals surface area (Å²) in [5.41, 5.74) is 2.76. The van der Waals surface area contributed by atoms with Gasteiger partial charge in [-0.2, -0.15) is 0 Å². The first-order valence-electron chi connectivity index (χ1n) is 8.60. The number of nitrogens with one attached hydrogen (secondary N) is 1. The smallest absolute Gasteiger partial charge is 0.203 e. The van der Waals surface area contributed by atoms with Gasteiger partial charge in [0.15, 0.2) is 11.5 Å². The summed E-state index contributed by atoms with van der Waals surface area (Å²) in [6.45, 7) is 0. The van der Waals surface area contributed by atoms with E-state index in [2.05, 4.69) is 10.3 Å². The second kappa shape index (κ2) is 9.15. The predicted octanol–water partition coefficient (Wildman–Crippen LogP) is 5.67. The number of aromatic nitrogens is 1. The average molecular weight is 397 g/mol. The Morgan fingerprint density at radius 1 is 0.893 bits per heavy atom. The number of methoxy groups -OCH3 is 3. The number of hydrogen-bond acceptors (Lipinski definition) is 5. The number of nitrogens with zero attached hydrogens (tertiary/aromatic N) is 1. The second-order valence-electron chi connectivity index (χ2n) is 5.87. The third kappa shape index (κ3) is 4.56. The molecule has 3 rings (SSSR count). The van der Waals surface area contributed by atoms with Crippen molar-refractivity contribution in [3.63, 3.8) is 0 Å². The molecule has 1 N–H and O–H groups in total. The molecule has 6 heteroatoms. The Bertz CT molecular complexity index is 947. The molecular formula is C22H21ClN2O3. The number of pyridine rings is 1. The van der Waals surface area contributed by atoms with Gasteiger partial charge in [0.1, 0.15) is 5.82 Å². The summed E-state index contributed by atoms with van der Waals surface area (Å²) in [5, 5.41) is 4.00. The lowest BCUT2D eigenvalue weighted by Gasteiger charge is -2.13. The molecule has 0 atom stereocenters. The van der Waals surface area contributed by atoms with Crippen LogP contribution >= 0.6 is 11.6 Å². The Labute approximate surface area is 169 Å². The molecule has 2 aromatic carbocycles. The summed E-state index contributed by atoms with van der Waals surface area (Å²) in [5.74, 6) is 2.52. The van der Waals surface area contributed by atoms with Gasteiger partial charge in [-0.3, -0.25) is 0 Å². The zero-order chi connectivity index (χ0) is 19.9. The van der Waals surface area contributed by atoms with Gasteiger partial charge in [-0.25, -0.2) is 4.98 Å². The zero-order valence-corrected chi connectivity index (χ0v) is 16.7. The van der Waals surface area contributed by atoms with Gasteiger partial charge in [-0.05, 0) is 54.1 Å². The average Bonchev–Trinajstić information content (AvgIpc) is 2.73. The molecule has 0 aliphatic rings. The van der Waals surface area contributed by atoms with Crippen LogP contribution in [0.3, 0.4) is 0 Å². The quantitative estimate of drug-likeness (QED) is 0.557. The molecule has 0 unspecified atom stereocenters. The first-order valence-corrected chi connectivity index (χ1v) is 8.98. The summed E-state index contributed by atoms with van der Waals surface area (Å²) in [4.78, 5) is 4.44.